The molecule has 0 fully saturated rings. The van der Waals surface area contributed by atoms with Crippen LogP contribution in [0.15, 0.2) is 47.3 Å². The number of benzene rings is 2. The molecule has 0 aliphatic carbocycles. The molecule has 0 saturated heterocycles. The molecule has 3 heteroatoms. The van der Waals surface area contributed by atoms with E-state index in [4.69, 9.17) is 5.73 Å². The quantitative estimate of drug-likeness (QED) is 0.523. The summed E-state index contributed by atoms with van der Waals surface area (Å²) in [5.74, 6) is 0. The molecule has 0 aliphatic heterocycles. The molecule has 0 radical (unpaired) electrons. The van der Waals surface area contributed by atoms with Gasteiger partial charge in [0.15, 0.2) is 0 Å². The molecular weight excluding hydrogens is 224 g/mol. The molecule has 0 unspecified atom stereocenters. The summed E-state index contributed by atoms with van der Waals surface area (Å²) in [6, 6.07) is 13.4. The lowest BCUT2D eigenvalue weighted by Gasteiger charge is -2.11. The zero-order chi connectivity index (χ0) is 12.7. The first-order valence-electron chi connectivity index (χ1n) is 6.03. The van der Waals surface area contributed by atoms with Crippen LogP contribution in [-0.4, -0.2) is 4.57 Å². The van der Waals surface area contributed by atoms with Crippen molar-refractivity contribution in [2.45, 2.75) is 13.5 Å². The van der Waals surface area contributed by atoms with Crippen LogP contribution in [0.1, 0.15) is 6.92 Å². The van der Waals surface area contributed by atoms with E-state index in [1.807, 2.05) is 49.4 Å². The molecule has 90 valence electrons. The lowest BCUT2D eigenvalue weighted by molar-refractivity contribution is 0.767. The van der Waals surface area contributed by atoms with E-state index >= 15 is 0 Å². The minimum Gasteiger partial charge on any atom is -0.399 e. The topological polar surface area (TPSA) is 48.0 Å². The molecule has 1 aromatic heterocycles. The second-order valence-corrected chi connectivity index (χ2v) is 4.37. The summed E-state index contributed by atoms with van der Waals surface area (Å²) in [4.78, 5) is 12.4. The molecule has 3 rings (SSSR count). The Bertz CT molecular complexity index is 803. The number of pyridine rings is 1. The highest BCUT2D eigenvalue weighted by molar-refractivity contribution is 6.06. The summed E-state index contributed by atoms with van der Waals surface area (Å²) in [6.07, 6.45) is 0. The number of rotatable bonds is 1. The number of aryl methyl sites for hydroxylation is 1. The Morgan fingerprint density at radius 3 is 2.50 bits per heavy atom. The normalized spacial score (nSPS) is 11.2. The highest BCUT2D eigenvalue weighted by Gasteiger charge is 2.09. The lowest BCUT2D eigenvalue weighted by Crippen LogP contribution is -2.19. The zero-order valence-electron chi connectivity index (χ0n) is 10.2. The molecule has 3 nitrogen and oxygen atoms in total. The maximum atomic E-state index is 12.4. The fraction of sp³-hybridized carbons (Fsp3) is 0.133. The number of anilines is 1. The number of nitrogen functional groups attached to an aromatic ring is 1. The van der Waals surface area contributed by atoms with Gasteiger partial charge >= 0.3 is 0 Å². The molecule has 0 saturated carbocycles. The third-order valence-electron chi connectivity index (χ3n) is 3.32. The van der Waals surface area contributed by atoms with Crippen molar-refractivity contribution in [3.63, 3.8) is 0 Å². The van der Waals surface area contributed by atoms with Gasteiger partial charge in [0, 0.05) is 23.0 Å². The molecule has 0 spiro atoms. The third kappa shape index (κ3) is 1.40. The minimum absolute atomic E-state index is 0.0605. The van der Waals surface area contributed by atoms with Crippen molar-refractivity contribution in [1.82, 2.24) is 4.57 Å². The van der Waals surface area contributed by atoms with E-state index in [-0.39, 0.29) is 5.56 Å². The van der Waals surface area contributed by atoms with Crippen LogP contribution in [0.5, 0.6) is 0 Å². The smallest absolute Gasteiger partial charge is 0.258 e. The predicted molar refractivity (Wildman–Crippen MR) is 75.8 cm³/mol. The van der Waals surface area contributed by atoms with Gasteiger partial charge in [0.05, 0.1) is 5.52 Å². The predicted octanol–water partition coefficient (Wildman–Crippen LogP) is 2.76. The van der Waals surface area contributed by atoms with Crippen LogP contribution in [0, 0.1) is 0 Å². The molecule has 0 bridgehead atoms. The van der Waals surface area contributed by atoms with E-state index in [0.717, 1.165) is 21.7 Å². The monoisotopic (exact) mass is 238 g/mol. The first-order chi connectivity index (χ1) is 8.72. The van der Waals surface area contributed by atoms with Crippen molar-refractivity contribution in [1.29, 1.82) is 0 Å². The lowest BCUT2D eigenvalue weighted by atomic mass is 10.1. The highest BCUT2D eigenvalue weighted by Crippen LogP contribution is 2.24. The van der Waals surface area contributed by atoms with Crippen LogP contribution in [0.4, 0.5) is 5.69 Å². The van der Waals surface area contributed by atoms with Crippen molar-refractivity contribution in [2.24, 2.45) is 0 Å². The summed E-state index contributed by atoms with van der Waals surface area (Å²) in [5, 5.41) is 2.75. The number of hydrogen-bond donors (Lipinski definition) is 1. The van der Waals surface area contributed by atoms with E-state index in [0.29, 0.717) is 12.2 Å². The van der Waals surface area contributed by atoms with Gasteiger partial charge in [-0.15, -0.1) is 0 Å². The molecule has 2 aromatic carbocycles. The van der Waals surface area contributed by atoms with Crippen LogP contribution in [0.3, 0.4) is 0 Å². The maximum Gasteiger partial charge on any atom is 0.258 e. The van der Waals surface area contributed by atoms with Crippen molar-refractivity contribution >= 4 is 27.4 Å². The summed E-state index contributed by atoms with van der Waals surface area (Å²) < 4.78 is 1.79. The van der Waals surface area contributed by atoms with E-state index in [1.165, 1.54) is 0 Å². The van der Waals surface area contributed by atoms with Gasteiger partial charge in [-0.3, -0.25) is 4.79 Å². The van der Waals surface area contributed by atoms with Crippen molar-refractivity contribution < 1.29 is 0 Å². The van der Waals surface area contributed by atoms with E-state index < -0.39 is 0 Å². The number of nitrogens with two attached hydrogens (primary N) is 1. The summed E-state index contributed by atoms with van der Waals surface area (Å²) in [7, 11) is 0. The minimum atomic E-state index is 0.0605. The Labute approximate surface area is 104 Å². The standard InChI is InChI=1S/C15H14N2O/c1-2-17-14-8-7-10(16)9-13(14)11-5-3-4-6-12(11)15(17)18/h3-9H,2,16H2,1H3. The van der Waals surface area contributed by atoms with Crippen molar-refractivity contribution in [3.05, 3.63) is 52.8 Å². The Hall–Kier alpha value is -2.29. The zero-order valence-corrected chi connectivity index (χ0v) is 10.2. The van der Waals surface area contributed by atoms with Gasteiger partial charge in [-0.05, 0) is 36.6 Å². The second-order valence-electron chi connectivity index (χ2n) is 4.37. The molecule has 0 atom stereocenters. The number of aromatic nitrogens is 1. The maximum absolute atomic E-state index is 12.4. The van der Waals surface area contributed by atoms with Gasteiger partial charge in [-0.25, -0.2) is 0 Å². The van der Waals surface area contributed by atoms with Crippen LogP contribution in [-0.2, 0) is 6.54 Å². The molecule has 0 amide bonds. The Morgan fingerprint density at radius 2 is 1.78 bits per heavy atom. The fourth-order valence-electron chi connectivity index (χ4n) is 2.48. The van der Waals surface area contributed by atoms with Crippen LogP contribution in [0.25, 0.3) is 21.7 Å². The molecule has 3 aromatic rings. The van der Waals surface area contributed by atoms with Crippen molar-refractivity contribution in [2.75, 3.05) is 5.73 Å². The van der Waals surface area contributed by atoms with Gasteiger partial charge in [-0.2, -0.15) is 0 Å². The summed E-state index contributed by atoms with van der Waals surface area (Å²) in [6.45, 7) is 2.63. The Balaban J connectivity index is 2.67. The van der Waals surface area contributed by atoms with Crippen molar-refractivity contribution in [3.8, 4) is 0 Å². The highest BCUT2D eigenvalue weighted by atomic mass is 16.1. The van der Waals surface area contributed by atoms with Crippen LogP contribution < -0.4 is 11.3 Å². The second kappa shape index (κ2) is 3.88. The van der Waals surface area contributed by atoms with Gasteiger partial charge in [0.2, 0.25) is 0 Å². The Kier molecular flexibility index (Phi) is 2.33. The first-order valence-corrected chi connectivity index (χ1v) is 6.03. The summed E-state index contributed by atoms with van der Waals surface area (Å²) in [5.41, 5.74) is 7.57. The average molecular weight is 238 g/mol. The van der Waals surface area contributed by atoms with Crippen LogP contribution in [0.2, 0.25) is 0 Å². The number of hydrogen-bond acceptors (Lipinski definition) is 2. The van der Waals surface area contributed by atoms with Gasteiger partial charge in [0.1, 0.15) is 0 Å². The van der Waals surface area contributed by atoms with E-state index in [9.17, 15) is 4.79 Å². The van der Waals surface area contributed by atoms with E-state index in [2.05, 4.69) is 0 Å². The number of fused-ring (bicyclic) bond motifs is 3. The SMILES string of the molecule is CCn1c(=O)c2ccccc2c2cc(N)ccc21. The molecule has 0 aliphatic rings. The van der Waals surface area contributed by atoms with Gasteiger partial charge < -0.3 is 10.3 Å². The molecule has 18 heavy (non-hydrogen) atoms. The summed E-state index contributed by atoms with van der Waals surface area (Å²) >= 11 is 0. The third-order valence-corrected chi connectivity index (χ3v) is 3.32. The number of nitrogens with zero attached hydrogens (tertiary/aromatic N) is 1. The average Bonchev–Trinajstić information content (AvgIpc) is 2.40. The fourth-order valence-corrected chi connectivity index (χ4v) is 2.48. The largest absolute Gasteiger partial charge is 0.399 e. The van der Waals surface area contributed by atoms with Crippen LogP contribution >= 0.6 is 0 Å². The molecular formula is C15H14N2O. The Morgan fingerprint density at radius 1 is 1.06 bits per heavy atom. The molecule has 2 N–H and O–H groups in total. The van der Waals surface area contributed by atoms with Gasteiger partial charge in [0.25, 0.3) is 5.56 Å². The van der Waals surface area contributed by atoms with Gasteiger partial charge in [-0.1, -0.05) is 18.2 Å². The molecule has 1 heterocycles. The van der Waals surface area contributed by atoms with E-state index in [1.54, 1.807) is 4.57 Å². The first kappa shape index (κ1) is 10.8.